The number of aliphatic hydroxyl groups excluding tert-OH is 1. The molecular weight excluding hydrogens is 278 g/mol. The molecule has 1 aliphatic heterocycles. The minimum Gasteiger partial charge on any atom is -0.396 e. The Balaban J connectivity index is 2.12. The maximum Gasteiger partial charge on any atom is 0.251 e. The first-order chi connectivity index (χ1) is 9.60. The van der Waals surface area contributed by atoms with Crippen LogP contribution in [0.25, 0.3) is 0 Å². The van der Waals surface area contributed by atoms with Crippen LogP contribution in [-0.4, -0.2) is 41.7 Å². The van der Waals surface area contributed by atoms with Gasteiger partial charge in [-0.15, -0.1) is 0 Å². The minimum atomic E-state index is -0.185. The maximum atomic E-state index is 12.2. The molecule has 1 saturated heterocycles. The lowest BCUT2D eigenvalue weighted by Crippen LogP contribution is -2.33. The van der Waals surface area contributed by atoms with Gasteiger partial charge in [0.2, 0.25) is 0 Å². The molecule has 6 heteroatoms. The molecule has 0 aliphatic carbocycles. The van der Waals surface area contributed by atoms with E-state index in [4.69, 9.17) is 16.7 Å². The zero-order valence-corrected chi connectivity index (χ0v) is 12.4. The van der Waals surface area contributed by atoms with Gasteiger partial charge >= 0.3 is 0 Å². The lowest BCUT2D eigenvalue weighted by molar-refractivity contribution is 0.0934. The molecule has 0 radical (unpaired) electrons. The summed E-state index contributed by atoms with van der Waals surface area (Å²) in [5.74, 6) is 0.575. The zero-order valence-electron chi connectivity index (χ0n) is 11.6. The number of pyridine rings is 1. The highest BCUT2D eigenvalue weighted by Crippen LogP contribution is 2.22. The van der Waals surface area contributed by atoms with Crippen molar-refractivity contribution in [2.45, 2.75) is 32.2 Å². The van der Waals surface area contributed by atoms with Crippen LogP contribution in [0.4, 0.5) is 5.82 Å². The van der Waals surface area contributed by atoms with E-state index in [9.17, 15) is 4.79 Å². The van der Waals surface area contributed by atoms with Crippen LogP contribution in [0.5, 0.6) is 0 Å². The molecule has 20 heavy (non-hydrogen) atoms. The fourth-order valence-corrected chi connectivity index (χ4v) is 2.50. The highest BCUT2D eigenvalue weighted by molar-refractivity contribution is 6.29. The van der Waals surface area contributed by atoms with Crippen molar-refractivity contribution in [3.63, 3.8) is 0 Å². The van der Waals surface area contributed by atoms with Crippen LogP contribution in [0.3, 0.4) is 0 Å². The molecule has 1 amide bonds. The van der Waals surface area contributed by atoms with Crippen LogP contribution < -0.4 is 10.2 Å². The van der Waals surface area contributed by atoms with Gasteiger partial charge in [-0.05, 0) is 38.3 Å². The van der Waals surface area contributed by atoms with Gasteiger partial charge < -0.3 is 15.3 Å². The van der Waals surface area contributed by atoms with Crippen molar-refractivity contribution in [3.05, 3.63) is 22.8 Å². The number of carbonyl (C=O) groups excluding carboxylic acids is 1. The molecule has 5 nitrogen and oxygen atoms in total. The Morgan fingerprint density at radius 2 is 2.20 bits per heavy atom. The lowest BCUT2D eigenvalue weighted by Gasteiger charge is -2.18. The van der Waals surface area contributed by atoms with Crippen LogP contribution in [0.1, 0.15) is 36.5 Å². The summed E-state index contributed by atoms with van der Waals surface area (Å²) in [5, 5.41) is 12.0. The lowest BCUT2D eigenvalue weighted by atomic mass is 10.2. The topological polar surface area (TPSA) is 65.5 Å². The summed E-state index contributed by atoms with van der Waals surface area (Å²) < 4.78 is 0. The van der Waals surface area contributed by atoms with E-state index in [-0.39, 0.29) is 18.6 Å². The van der Waals surface area contributed by atoms with E-state index < -0.39 is 0 Å². The number of hydrogen-bond donors (Lipinski definition) is 2. The molecule has 0 aromatic carbocycles. The molecule has 1 unspecified atom stereocenters. The third-order valence-corrected chi connectivity index (χ3v) is 3.61. The summed E-state index contributed by atoms with van der Waals surface area (Å²) in [7, 11) is 0. The molecule has 0 bridgehead atoms. The summed E-state index contributed by atoms with van der Waals surface area (Å²) in [6, 6.07) is 3.27. The van der Waals surface area contributed by atoms with E-state index in [1.807, 2.05) is 6.92 Å². The molecule has 0 spiro atoms. The van der Waals surface area contributed by atoms with E-state index in [0.29, 0.717) is 17.1 Å². The van der Waals surface area contributed by atoms with Gasteiger partial charge in [-0.1, -0.05) is 11.6 Å². The Kier molecular flexibility index (Phi) is 5.20. The van der Waals surface area contributed by atoms with Crippen molar-refractivity contribution in [2.75, 3.05) is 24.6 Å². The predicted molar refractivity (Wildman–Crippen MR) is 79.3 cm³/mol. The second kappa shape index (κ2) is 6.90. The minimum absolute atomic E-state index is 0.0532. The van der Waals surface area contributed by atoms with Gasteiger partial charge in [0.1, 0.15) is 11.0 Å². The van der Waals surface area contributed by atoms with E-state index in [1.54, 1.807) is 12.1 Å². The molecule has 1 atom stereocenters. The van der Waals surface area contributed by atoms with Crippen molar-refractivity contribution in [1.82, 2.24) is 10.3 Å². The van der Waals surface area contributed by atoms with Crippen molar-refractivity contribution in [2.24, 2.45) is 0 Å². The molecule has 0 saturated carbocycles. The summed E-state index contributed by atoms with van der Waals surface area (Å²) in [4.78, 5) is 18.6. The second-order valence-corrected chi connectivity index (χ2v) is 5.50. The Hall–Kier alpha value is -1.33. The number of aromatic nitrogens is 1. The van der Waals surface area contributed by atoms with E-state index in [2.05, 4.69) is 15.2 Å². The molecule has 2 N–H and O–H groups in total. The van der Waals surface area contributed by atoms with Crippen LogP contribution in [0.2, 0.25) is 5.15 Å². The highest BCUT2D eigenvalue weighted by atomic mass is 35.5. The summed E-state index contributed by atoms with van der Waals surface area (Å²) in [5.41, 5.74) is 0.511. The SMILES string of the molecule is CC(CCO)NC(=O)c1cc(Cl)nc(N2CCCC2)c1. The Labute approximate surface area is 123 Å². The van der Waals surface area contributed by atoms with Gasteiger partial charge in [0.15, 0.2) is 0 Å². The third kappa shape index (κ3) is 3.84. The fourth-order valence-electron chi connectivity index (χ4n) is 2.30. The average molecular weight is 298 g/mol. The molecule has 1 aromatic rings. The van der Waals surface area contributed by atoms with Gasteiger partial charge in [-0.2, -0.15) is 0 Å². The molecule has 1 aliphatic rings. The fraction of sp³-hybridized carbons (Fsp3) is 0.571. The third-order valence-electron chi connectivity index (χ3n) is 3.41. The number of nitrogens with one attached hydrogen (secondary N) is 1. The molecule has 110 valence electrons. The van der Waals surface area contributed by atoms with E-state index in [1.165, 1.54) is 0 Å². The normalized spacial score (nSPS) is 16.2. The Morgan fingerprint density at radius 1 is 1.50 bits per heavy atom. The van der Waals surface area contributed by atoms with Gasteiger partial charge in [0.05, 0.1) is 0 Å². The first kappa shape index (κ1) is 15.1. The average Bonchev–Trinajstić information content (AvgIpc) is 2.92. The number of rotatable bonds is 5. The van der Waals surface area contributed by atoms with Crippen molar-refractivity contribution < 1.29 is 9.90 Å². The smallest absolute Gasteiger partial charge is 0.251 e. The predicted octanol–water partition coefficient (Wildman–Crippen LogP) is 1.84. The summed E-state index contributed by atoms with van der Waals surface area (Å²) in [6.45, 7) is 3.82. The number of nitrogens with zero attached hydrogens (tertiary/aromatic N) is 2. The molecular formula is C14H20ClN3O2. The number of carbonyl (C=O) groups is 1. The number of amides is 1. The van der Waals surface area contributed by atoms with Crippen molar-refractivity contribution >= 4 is 23.3 Å². The van der Waals surface area contributed by atoms with Crippen molar-refractivity contribution in [1.29, 1.82) is 0 Å². The van der Waals surface area contributed by atoms with E-state index in [0.717, 1.165) is 31.7 Å². The maximum absolute atomic E-state index is 12.2. The summed E-state index contributed by atoms with van der Waals surface area (Å²) in [6.07, 6.45) is 2.82. The largest absolute Gasteiger partial charge is 0.396 e. The van der Waals surface area contributed by atoms with Crippen LogP contribution in [0.15, 0.2) is 12.1 Å². The van der Waals surface area contributed by atoms with Crippen LogP contribution in [-0.2, 0) is 0 Å². The molecule has 2 heterocycles. The standard InChI is InChI=1S/C14H20ClN3O2/c1-10(4-7-19)16-14(20)11-8-12(15)17-13(9-11)18-5-2-3-6-18/h8-10,19H,2-7H2,1H3,(H,16,20). The number of hydrogen-bond acceptors (Lipinski definition) is 4. The van der Waals surface area contributed by atoms with Crippen LogP contribution >= 0.6 is 11.6 Å². The van der Waals surface area contributed by atoms with Crippen LogP contribution in [0, 0.1) is 0 Å². The molecule has 1 fully saturated rings. The van der Waals surface area contributed by atoms with Crippen molar-refractivity contribution in [3.8, 4) is 0 Å². The van der Waals surface area contributed by atoms with Gasteiger partial charge in [-0.3, -0.25) is 4.79 Å². The molecule has 1 aromatic heterocycles. The van der Waals surface area contributed by atoms with Gasteiger partial charge in [0, 0.05) is 31.3 Å². The first-order valence-corrected chi connectivity index (χ1v) is 7.32. The second-order valence-electron chi connectivity index (χ2n) is 5.12. The van der Waals surface area contributed by atoms with Gasteiger partial charge in [-0.25, -0.2) is 4.98 Å². The van der Waals surface area contributed by atoms with Gasteiger partial charge in [0.25, 0.3) is 5.91 Å². The Bertz CT molecular complexity index is 475. The summed E-state index contributed by atoms with van der Waals surface area (Å²) >= 11 is 6.01. The van der Waals surface area contributed by atoms with E-state index >= 15 is 0 Å². The Morgan fingerprint density at radius 3 is 2.85 bits per heavy atom. The first-order valence-electron chi connectivity index (χ1n) is 6.94. The number of aliphatic hydroxyl groups is 1. The quantitative estimate of drug-likeness (QED) is 0.814. The monoisotopic (exact) mass is 297 g/mol. The molecule has 2 rings (SSSR count). The number of halogens is 1. The zero-order chi connectivity index (χ0) is 14.5. The number of anilines is 1. The highest BCUT2D eigenvalue weighted by Gasteiger charge is 2.17.